The first-order valence-corrected chi connectivity index (χ1v) is 7.40. The average Bonchev–Trinajstić information content (AvgIpc) is 2.35. The van der Waals surface area contributed by atoms with Crippen LogP contribution in [0.15, 0.2) is 18.2 Å². The summed E-state index contributed by atoms with van der Waals surface area (Å²) in [5.74, 6) is -0.753. The minimum absolute atomic E-state index is 0.0685. The number of likely N-dealkylation sites (tertiary alicyclic amines) is 1. The lowest BCUT2D eigenvalue weighted by Crippen LogP contribution is -2.54. The third-order valence-electron chi connectivity index (χ3n) is 3.39. The Morgan fingerprint density at radius 2 is 2.05 bits per heavy atom. The molecule has 0 aliphatic carbocycles. The first-order chi connectivity index (χ1) is 9.95. The molecule has 7 heteroatoms. The summed E-state index contributed by atoms with van der Waals surface area (Å²) in [4.78, 5) is 23.9. The van der Waals surface area contributed by atoms with Crippen LogP contribution < -0.4 is 5.32 Å². The van der Waals surface area contributed by atoms with Gasteiger partial charge in [0.15, 0.2) is 0 Å². The van der Waals surface area contributed by atoms with Gasteiger partial charge >= 0.3 is 12.0 Å². The summed E-state index contributed by atoms with van der Waals surface area (Å²) in [5, 5.41) is 12.6. The Balaban J connectivity index is 1.69. The third kappa shape index (κ3) is 4.51. The van der Waals surface area contributed by atoms with Gasteiger partial charge in [0.25, 0.3) is 0 Å². The highest BCUT2D eigenvalue weighted by atomic mass is 35.5. The van der Waals surface area contributed by atoms with Gasteiger partial charge in [0.1, 0.15) is 0 Å². The van der Waals surface area contributed by atoms with Crippen molar-refractivity contribution in [2.45, 2.75) is 12.8 Å². The monoisotopic (exact) mass is 330 g/mol. The molecule has 2 amide bonds. The Labute approximate surface area is 132 Å². The molecule has 1 aromatic carbocycles. The van der Waals surface area contributed by atoms with Gasteiger partial charge in [-0.15, -0.1) is 0 Å². The summed E-state index contributed by atoms with van der Waals surface area (Å²) < 4.78 is 0. The van der Waals surface area contributed by atoms with Crippen molar-refractivity contribution in [1.29, 1.82) is 0 Å². The van der Waals surface area contributed by atoms with Crippen LogP contribution in [0.4, 0.5) is 4.79 Å². The van der Waals surface area contributed by atoms with E-state index in [4.69, 9.17) is 28.3 Å². The van der Waals surface area contributed by atoms with Crippen LogP contribution in [0, 0.1) is 5.92 Å². The molecule has 0 aromatic heterocycles. The number of nitrogens with zero attached hydrogens (tertiary/aromatic N) is 1. The molecule has 2 rings (SSSR count). The molecule has 114 valence electrons. The summed E-state index contributed by atoms with van der Waals surface area (Å²) >= 11 is 11.9. The fraction of sp³-hybridized carbons (Fsp3) is 0.429. The van der Waals surface area contributed by atoms with E-state index >= 15 is 0 Å². The summed E-state index contributed by atoms with van der Waals surface area (Å²) in [7, 11) is 0. The van der Waals surface area contributed by atoms with E-state index in [1.54, 1.807) is 17.0 Å². The molecule has 0 radical (unpaired) electrons. The summed E-state index contributed by atoms with van der Waals surface area (Å²) in [6, 6.07) is 5.10. The highest BCUT2D eigenvalue weighted by Crippen LogP contribution is 2.21. The van der Waals surface area contributed by atoms with Crippen molar-refractivity contribution in [1.82, 2.24) is 10.2 Å². The van der Waals surface area contributed by atoms with Gasteiger partial charge in [0.2, 0.25) is 0 Å². The first-order valence-electron chi connectivity index (χ1n) is 6.64. The number of benzene rings is 1. The standard InChI is InChI=1S/C14H16Cl2N2O3/c15-11-2-1-10(12(16)6-11)3-4-17-14(21)18-7-9(8-18)5-13(19)20/h1-2,6,9H,3-5,7-8H2,(H,17,21)(H,19,20). The van der Waals surface area contributed by atoms with Crippen LogP contribution in [-0.4, -0.2) is 41.6 Å². The van der Waals surface area contributed by atoms with Crippen molar-refractivity contribution in [2.24, 2.45) is 5.92 Å². The second-order valence-corrected chi connectivity index (χ2v) is 5.93. The number of rotatable bonds is 5. The maximum atomic E-state index is 11.8. The van der Waals surface area contributed by atoms with E-state index in [1.165, 1.54) is 0 Å². The van der Waals surface area contributed by atoms with Gasteiger partial charge in [-0.2, -0.15) is 0 Å². The number of hydrogen-bond donors (Lipinski definition) is 2. The van der Waals surface area contributed by atoms with E-state index in [9.17, 15) is 9.59 Å². The maximum absolute atomic E-state index is 11.8. The van der Waals surface area contributed by atoms with E-state index in [2.05, 4.69) is 5.32 Å². The molecule has 0 unspecified atom stereocenters. The molecule has 1 aliphatic rings. The maximum Gasteiger partial charge on any atom is 0.317 e. The normalized spacial score (nSPS) is 14.7. The van der Waals surface area contributed by atoms with E-state index in [0.29, 0.717) is 36.1 Å². The van der Waals surface area contributed by atoms with Crippen LogP contribution in [0.5, 0.6) is 0 Å². The zero-order chi connectivity index (χ0) is 15.4. The lowest BCUT2D eigenvalue weighted by Gasteiger charge is -2.38. The van der Waals surface area contributed by atoms with Crippen LogP contribution in [-0.2, 0) is 11.2 Å². The third-order valence-corrected chi connectivity index (χ3v) is 3.98. The molecule has 1 saturated heterocycles. The van der Waals surface area contributed by atoms with Crippen LogP contribution >= 0.6 is 23.2 Å². The van der Waals surface area contributed by atoms with E-state index < -0.39 is 5.97 Å². The molecule has 1 heterocycles. The van der Waals surface area contributed by atoms with E-state index in [-0.39, 0.29) is 18.4 Å². The molecule has 0 bridgehead atoms. The van der Waals surface area contributed by atoms with Gasteiger partial charge in [0.05, 0.1) is 6.42 Å². The van der Waals surface area contributed by atoms with Gasteiger partial charge in [-0.1, -0.05) is 29.3 Å². The topological polar surface area (TPSA) is 69.6 Å². The Morgan fingerprint density at radius 3 is 2.67 bits per heavy atom. The fourth-order valence-corrected chi connectivity index (χ4v) is 2.76. The molecule has 2 N–H and O–H groups in total. The SMILES string of the molecule is O=C(O)CC1CN(C(=O)NCCc2ccc(Cl)cc2Cl)C1. The Hall–Kier alpha value is -1.46. The van der Waals surface area contributed by atoms with Crippen molar-refractivity contribution in [3.05, 3.63) is 33.8 Å². The molecule has 21 heavy (non-hydrogen) atoms. The van der Waals surface area contributed by atoms with Gasteiger partial charge in [-0.25, -0.2) is 4.79 Å². The number of aliphatic carboxylic acids is 1. The highest BCUT2D eigenvalue weighted by Gasteiger charge is 2.31. The van der Waals surface area contributed by atoms with Crippen molar-refractivity contribution >= 4 is 35.2 Å². The van der Waals surface area contributed by atoms with Crippen LogP contribution in [0.2, 0.25) is 10.0 Å². The largest absolute Gasteiger partial charge is 0.481 e. The minimum atomic E-state index is -0.822. The lowest BCUT2D eigenvalue weighted by molar-refractivity contribution is -0.139. The quantitative estimate of drug-likeness (QED) is 0.871. The fourth-order valence-electron chi connectivity index (χ4n) is 2.25. The van der Waals surface area contributed by atoms with Crippen LogP contribution in [0.1, 0.15) is 12.0 Å². The predicted molar refractivity (Wildman–Crippen MR) is 80.9 cm³/mol. The molecule has 0 saturated carbocycles. The van der Waals surface area contributed by atoms with Gasteiger partial charge < -0.3 is 15.3 Å². The summed E-state index contributed by atoms with van der Waals surface area (Å²) in [6.07, 6.45) is 0.734. The molecule has 1 aliphatic heterocycles. The number of hydrogen-bond acceptors (Lipinski definition) is 2. The Morgan fingerprint density at radius 1 is 1.33 bits per heavy atom. The second kappa shape index (κ2) is 7.00. The van der Waals surface area contributed by atoms with Crippen molar-refractivity contribution in [3.63, 3.8) is 0 Å². The lowest BCUT2D eigenvalue weighted by atomic mass is 9.97. The summed E-state index contributed by atoms with van der Waals surface area (Å²) in [5.41, 5.74) is 0.925. The minimum Gasteiger partial charge on any atom is -0.481 e. The summed E-state index contributed by atoms with van der Waals surface area (Å²) in [6.45, 7) is 1.47. The van der Waals surface area contributed by atoms with E-state index in [1.807, 2.05) is 6.07 Å². The van der Waals surface area contributed by atoms with Crippen molar-refractivity contribution in [2.75, 3.05) is 19.6 Å². The number of urea groups is 1. The van der Waals surface area contributed by atoms with Gasteiger partial charge in [-0.05, 0) is 24.1 Å². The Bertz CT molecular complexity index is 545. The highest BCUT2D eigenvalue weighted by molar-refractivity contribution is 6.35. The molecule has 0 spiro atoms. The molecular formula is C14H16Cl2N2O3. The predicted octanol–water partition coefficient (Wildman–Crippen LogP) is 2.65. The molecule has 1 aromatic rings. The van der Waals surface area contributed by atoms with Crippen LogP contribution in [0.3, 0.4) is 0 Å². The number of nitrogens with one attached hydrogen (secondary N) is 1. The number of carboxylic acid groups (broad SMARTS) is 1. The molecule has 5 nitrogen and oxygen atoms in total. The van der Waals surface area contributed by atoms with Gasteiger partial charge in [0, 0.05) is 35.6 Å². The second-order valence-electron chi connectivity index (χ2n) is 5.09. The first kappa shape index (κ1) is 15.9. The smallest absolute Gasteiger partial charge is 0.317 e. The Kier molecular flexibility index (Phi) is 5.31. The molecule has 0 atom stereocenters. The van der Waals surface area contributed by atoms with E-state index in [0.717, 1.165) is 5.56 Å². The molecule has 1 fully saturated rings. The van der Waals surface area contributed by atoms with Crippen molar-refractivity contribution < 1.29 is 14.7 Å². The zero-order valence-electron chi connectivity index (χ0n) is 11.3. The number of amides is 2. The number of carbonyl (C=O) groups is 2. The number of carbonyl (C=O) groups excluding carboxylic acids is 1. The zero-order valence-corrected chi connectivity index (χ0v) is 12.8. The number of carboxylic acids is 1. The molecular weight excluding hydrogens is 315 g/mol. The van der Waals surface area contributed by atoms with Crippen molar-refractivity contribution in [3.8, 4) is 0 Å². The van der Waals surface area contributed by atoms with Crippen LogP contribution in [0.25, 0.3) is 0 Å². The average molecular weight is 331 g/mol. The van der Waals surface area contributed by atoms with Gasteiger partial charge in [-0.3, -0.25) is 4.79 Å². The number of halogens is 2.